The van der Waals surface area contributed by atoms with Crippen LogP contribution >= 0.6 is 11.6 Å². The molecular weight excluding hydrogens is 362 g/mol. The molecule has 5 nitrogen and oxygen atoms in total. The number of amides is 1. The van der Waals surface area contributed by atoms with Crippen molar-refractivity contribution < 1.29 is 18.3 Å². The van der Waals surface area contributed by atoms with Gasteiger partial charge >= 0.3 is 0 Å². The standard InChI is InChI=1S/C18H20ClNO4S/c19-15-4-1-5-17(13-15)25(23,24)12-10-18(22)20-11-2-3-14-6-8-16(21)9-7-14/h1,4-9,13,21H,2-3,10-12H2,(H,20,22). The molecule has 0 atom stereocenters. The predicted molar refractivity (Wildman–Crippen MR) is 97.6 cm³/mol. The number of phenolic OH excluding ortho intramolecular Hbond substituents is 1. The normalized spacial score (nSPS) is 11.2. The minimum Gasteiger partial charge on any atom is -0.508 e. The Bertz CT molecular complexity index is 819. The zero-order chi connectivity index (χ0) is 18.3. The lowest BCUT2D eigenvalue weighted by atomic mass is 10.1. The number of nitrogens with one attached hydrogen (secondary N) is 1. The fraction of sp³-hybridized carbons (Fsp3) is 0.278. The van der Waals surface area contributed by atoms with E-state index in [4.69, 9.17) is 11.6 Å². The number of rotatable bonds is 8. The first-order valence-electron chi connectivity index (χ1n) is 7.90. The molecule has 0 aliphatic heterocycles. The average molecular weight is 382 g/mol. The second-order valence-corrected chi connectivity index (χ2v) is 8.19. The summed E-state index contributed by atoms with van der Waals surface area (Å²) in [6.07, 6.45) is 1.41. The summed E-state index contributed by atoms with van der Waals surface area (Å²) in [4.78, 5) is 11.9. The highest BCUT2D eigenvalue weighted by molar-refractivity contribution is 7.91. The Morgan fingerprint density at radius 3 is 2.52 bits per heavy atom. The van der Waals surface area contributed by atoms with Crippen molar-refractivity contribution in [3.63, 3.8) is 0 Å². The number of phenols is 1. The Morgan fingerprint density at radius 1 is 1.12 bits per heavy atom. The summed E-state index contributed by atoms with van der Waals surface area (Å²) in [7, 11) is -3.52. The molecule has 0 spiro atoms. The van der Waals surface area contributed by atoms with Gasteiger partial charge in [-0.15, -0.1) is 0 Å². The van der Waals surface area contributed by atoms with E-state index in [0.717, 1.165) is 18.4 Å². The zero-order valence-electron chi connectivity index (χ0n) is 13.6. The summed E-state index contributed by atoms with van der Waals surface area (Å²) in [5.74, 6) is -0.328. The van der Waals surface area contributed by atoms with Crippen LogP contribution < -0.4 is 5.32 Å². The Hall–Kier alpha value is -2.05. The minimum absolute atomic E-state index is 0.0892. The SMILES string of the molecule is O=C(CCS(=O)(=O)c1cccc(Cl)c1)NCCCc1ccc(O)cc1. The monoisotopic (exact) mass is 381 g/mol. The number of halogens is 1. The number of carbonyl (C=O) groups excluding carboxylic acids is 1. The Labute approximate surface area is 152 Å². The van der Waals surface area contributed by atoms with E-state index in [1.807, 2.05) is 12.1 Å². The highest BCUT2D eigenvalue weighted by atomic mass is 35.5. The van der Waals surface area contributed by atoms with E-state index < -0.39 is 9.84 Å². The molecule has 25 heavy (non-hydrogen) atoms. The Morgan fingerprint density at radius 2 is 1.84 bits per heavy atom. The van der Waals surface area contributed by atoms with Gasteiger partial charge in [0.05, 0.1) is 10.6 Å². The average Bonchev–Trinajstić information content (AvgIpc) is 2.58. The van der Waals surface area contributed by atoms with Crippen molar-refractivity contribution >= 4 is 27.3 Å². The molecule has 0 aliphatic carbocycles. The molecule has 2 aromatic carbocycles. The first-order chi connectivity index (χ1) is 11.9. The summed E-state index contributed by atoms with van der Waals surface area (Å²) in [5.41, 5.74) is 1.07. The molecule has 7 heteroatoms. The van der Waals surface area contributed by atoms with Crippen molar-refractivity contribution in [2.45, 2.75) is 24.2 Å². The van der Waals surface area contributed by atoms with Crippen LogP contribution in [0.15, 0.2) is 53.4 Å². The summed E-state index contributed by atoms with van der Waals surface area (Å²) in [5, 5.41) is 12.3. The molecule has 0 unspecified atom stereocenters. The van der Waals surface area contributed by atoms with E-state index in [1.165, 1.54) is 12.1 Å². The van der Waals surface area contributed by atoms with Gasteiger partial charge in [-0.2, -0.15) is 0 Å². The number of aromatic hydroxyl groups is 1. The van der Waals surface area contributed by atoms with Gasteiger partial charge < -0.3 is 10.4 Å². The van der Waals surface area contributed by atoms with Crippen LogP contribution in [0.3, 0.4) is 0 Å². The molecule has 134 valence electrons. The highest BCUT2D eigenvalue weighted by Gasteiger charge is 2.16. The largest absolute Gasteiger partial charge is 0.508 e. The van der Waals surface area contributed by atoms with Gasteiger partial charge in [0.15, 0.2) is 9.84 Å². The van der Waals surface area contributed by atoms with E-state index in [1.54, 1.807) is 24.3 Å². The fourth-order valence-electron chi connectivity index (χ4n) is 2.28. The second-order valence-electron chi connectivity index (χ2n) is 5.65. The molecule has 2 N–H and O–H groups in total. The molecule has 0 radical (unpaired) electrons. The molecule has 0 heterocycles. The highest BCUT2D eigenvalue weighted by Crippen LogP contribution is 2.17. The van der Waals surface area contributed by atoms with Gasteiger partial charge in [-0.25, -0.2) is 8.42 Å². The molecule has 0 aliphatic rings. The summed E-state index contributed by atoms with van der Waals surface area (Å²) >= 11 is 5.80. The van der Waals surface area contributed by atoms with E-state index in [-0.39, 0.29) is 28.7 Å². The molecule has 1 amide bonds. The first-order valence-corrected chi connectivity index (χ1v) is 9.93. The van der Waals surface area contributed by atoms with Gasteiger partial charge in [0.1, 0.15) is 5.75 Å². The molecule has 0 fully saturated rings. The summed E-state index contributed by atoms with van der Waals surface area (Å²) < 4.78 is 24.3. The van der Waals surface area contributed by atoms with Crippen LogP contribution in [0.2, 0.25) is 5.02 Å². The van der Waals surface area contributed by atoms with Gasteiger partial charge in [0.2, 0.25) is 5.91 Å². The van der Waals surface area contributed by atoms with Crippen LogP contribution in [0, 0.1) is 0 Å². The molecule has 0 aromatic heterocycles. The maximum atomic E-state index is 12.2. The third-order valence-electron chi connectivity index (χ3n) is 3.65. The van der Waals surface area contributed by atoms with Crippen molar-refractivity contribution in [3.8, 4) is 5.75 Å². The molecule has 0 saturated carbocycles. The maximum absolute atomic E-state index is 12.2. The molecular formula is C18H20ClNO4S. The van der Waals surface area contributed by atoms with Crippen molar-refractivity contribution in [2.24, 2.45) is 0 Å². The van der Waals surface area contributed by atoms with Crippen LogP contribution in [0.1, 0.15) is 18.4 Å². The quantitative estimate of drug-likeness (QED) is 0.688. The lowest BCUT2D eigenvalue weighted by Gasteiger charge is -2.07. The van der Waals surface area contributed by atoms with Crippen LogP contribution in [0.5, 0.6) is 5.75 Å². The van der Waals surface area contributed by atoms with Gasteiger partial charge in [0.25, 0.3) is 0 Å². The van der Waals surface area contributed by atoms with E-state index in [9.17, 15) is 18.3 Å². The number of benzene rings is 2. The van der Waals surface area contributed by atoms with Gasteiger partial charge in [-0.3, -0.25) is 4.79 Å². The molecule has 2 aromatic rings. The van der Waals surface area contributed by atoms with Gasteiger partial charge in [-0.05, 0) is 48.7 Å². The number of hydrogen-bond acceptors (Lipinski definition) is 4. The molecule has 0 saturated heterocycles. The minimum atomic E-state index is -3.52. The van der Waals surface area contributed by atoms with Crippen LogP contribution in [-0.4, -0.2) is 31.7 Å². The van der Waals surface area contributed by atoms with Crippen molar-refractivity contribution in [3.05, 3.63) is 59.1 Å². The van der Waals surface area contributed by atoms with Gasteiger partial charge in [-0.1, -0.05) is 29.8 Å². The lowest BCUT2D eigenvalue weighted by molar-refractivity contribution is -0.120. The van der Waals surface area contributed by atoms with E-state index in [0.29, 0.717) is 11.6 Å². The summed E-state index contributed by atoms with van der Waals surface area (Å²) in [6.45, 7) is 0.469. The topological polar surface area (TPSA) is 83.5 Å². The van der Waals surface area contributed by atoms with Crippen LogP contribution in [-0.2, 0) is 21.1 Å². The number of hydrogen-bond donors (Lipinski definition) is 2. The maximum Gasteiger partial charge on any atom is 0.221 e. The van der Waals surface area contributed by atoms with Crippen molar-refractivity contribution in [1.29, 1.82) is 0 Å². The van der Waals surface area contributed by atoms with E-state index in [2.05, 4.69) is 5.32 Å². The second kappa shape index (κ2) is 8.87. The van der Waals surface area contributed by atoms with Crippen LogP contribution in [0.4, 0.5) is 0 Å². The predicted octanol–water partition coefficient (Wildman–Crippen LogP) is 2.96. The fourth-order valence-corrected chi connectivity index (χ4v) is 3.81. The first kappa shape index (κ1) is 19.3. The van der Waals surface area contributed by atoms with Crippen molar-refractivity contribution in [1.82, 2.24) is 5.32 Å². The van der Waals surface area contributed by atoms with Crippen molar-refractivity contribution in [2.75, 3.05) is 12.3 Å². The van der Waals surface area contributed by atoms with E-state index >= 15 is 0 Å². The Balaban J connectivity index is 1.72. The zero-order valence-corrected chi connectivity index (χ0v) is 15.2. The number of sulfone groups is 1. The lowest BCUT2D eigenvalue weighted by Crippen LogP contribution is -2.26. The molecule has 0 bridgehead atoms. The van der Waals surface area contributed by atoms with Crippen LogP contribution in [0.25, 0.3) is 0 Å². The number of carbonyl (C=O) groups is 1. The smallest absolute Gasteiger partial charge is 0.221 e. The Kier molecular flexibility index (Phi) is 6.84. The summed E-state index contributed by atoms with van der Waals surface area (Å²) in [6, 6.07) is 12.9. The molecule has 2 rings (SSSR count). The van der Waals surface area contributed by atoms with Gasteiger partial charge in [0, 0.05) is 18.0 Å². The third-order valence-corrected chi connectivity index (χ3v) is 5.60. The number of aryl methyl sites for hydroxylation is 1. The third kappa shape index (κ3) is 6.40.